The molecule has 0 aromatic carbocycles. The number of rotatable bonds is 11. The molecule has 4 aromatic heterocycles. The summed E-state index contributed by atoms with van der Waals surface area (Å²) in [5, 5.41) is 27.4. The summed E-state index contributed by atoms with van der Waals surface area (Å²) >= 11 is 15.8. The first-order valence-electron chi connectivity index (χ1n) is 10.8. The minimum atomic E-state index is 0.379. The average Bonchev–Trinajstić information content (AvgIpc) is 3.58. The fraction of sp³-hybridized carbons (Fsp3) is 0.500. The van der Waals surface area contributed by atoms with E-state index in [0.29, 0.717) is 43.7 Å². The number of aromatic nitrogens is 8. The van der Waals surface area contributed by atoms with Crippen LogP contribution in [-0.2, 0) is 26.9 Å². The molecule has 182 valence electrons. The summed E-state index contributed by atoms with van der Waals surface area (Å²) < 4.78 is 14.9. The summed E-state index contributed by atoms with van der Waals surface area (Å²) in [6, 6.07) is 0. The third kappa shape index (κ3) is 5.29. The Hall–Kier alpha value is -2.02. The molecule has 34 heavy (non-hydrogen) atoms. The molecule has 4 rings (SSSR count). The zero-order chi connectivity index (χ0) is 24.2. The molecular formula is C20H24Cl2N8O2S2. The van der Waals surface area contributed by atoms with Crippen molar-refractivity contribution in [2.45, 2.75) is 50.0 Å². The molecule has 0 amide bonds. The Morgan fingerprint density at radius 3 is 1.47 bits per heavy atom. The van der Waals surface area contributed by atoms with Gasteiger partial charge >= 0.3 is 0 Å². The highest BCUT2D eigenvalue weighted by Crippen LogP contribution is 2.33. The number of hydrogen-bond donors (Lipinski definition) is 0. The van der Waals surface area contributed by atoms with E-state index in [9.17, 15) is 0 Å². The lowest BCUT2D eigenvalue weighted by atomic mass is 10.3. The SMILES string of the molecule is CCc1nn(C)c(-c2nnc(SCCCCSc3nnc(-c4c(Cl)c(CC)nn4C)o3)o2)c1Cl. The van der Waals surface area contributed by atoms with E-state index in [0.717, 1.165) is 48.6 Å². The molecule has 0 radical (unpaired) electrons. The Morgan fingerprint density at radius 1 is 0.706 bits per heavy atom. The standard InChI is InChI=1S/C20H24Cl2N8O2S2/c1-5-11-13(21)15(29(3)27-11)17-23-25-19(31-17)33-9-7-8-10-34-20-26-24-18(32-20)16-14(22)12(6-2)28-30(16)4/h5-10H2,1-4H3. The first kappa shape index (κ1) is 25.1. The molecule has 0 saturated carbocycles. The maximum absolute atomic E-state index is 6.40. The van der Waals surface area contributed by atoms with Gasteiger partial charge in [-0.15, -0.1) is 20.4 Å². The van der Waals surface area contributed by atoms with Crippen LogP contribution in [0.1, 0.15) is 38.1 Å². The van der Waals surface area contributed by atoms with Gasteiger partial charge in [0.15, 0.2) is 0 Å². The highest BCUT2D eigenvalue weighted by atomic mass is 35.5. The van der Waals surface area contributed by atoms with E-state index < -0.39 is 0 Å². The van der Waals surface area contributed by atoms with Crippen molar-refractivity contribution in [2.75, 3.05) is 11.5 Å². The molecule has 4 aromatic rings. The van der Waals surface area contributed by atoms with Crippen LogP contribution in [-0.4, -0.2) is 51.5 Å². The van der Waals surface area contributed by atoms with Crippen molar-refractivity contribution in [2.24, 2.45) is 14.1 Å². The van der Waals surface area contributed by atoms with Gasteiger partial charge in [0.05, 0.1) is 21.4 Å². The van der Waals surface area contributed by atoms with Crippen LogP contribution in [0.4, 0.5) is 0 Å². The summed E-state index contributed by atoms with van der Waals surface area (Å²) in [6.45, 7) is 4.00. The molecule has 0 unspecified atom stereocenters. The van der Waals surface area contributed by atoms with Gasteiger partial charge in [-0.2, -0.15) is 10.2 Å². The molecule has 0 aliphatic rings. The lowest BCUT2D eigenvalue weighted by Crippen LogP contribution is -1.94. The molecule has 10 nitrogen and oxygen atoms in total. The number of thioether (sulfide) groups is 2. The van der Waals surface area contributed by atoms with Gasteiger partial charge in [0.2, 0.25) is 0 Å². The van der Waals surface area contributed by atoms with Gasteiger partial charge in [0.25, 0.3) is 22.2 Å². The van der Waals surface area contributed by atoms with Crippen LogP contribution in [0.5, 0.6) is 0 Å². The lowest BCUT2D eigenvalue weighted by molar-refractivity contribution is 0.461. The second-order valence-electron chi connectivity index (χ2n) is 7.32. The molecule has 0 aliphatic heterocycles. The smallest absolute Gasteiger partial charge is 0.276 e. The summed E-state index contributed by atoms with van der Waals surface area (Å²) in [7, 11) is 3.63. The van der Waals surface area contributed by atoms with Crippen molar-refractivity contribution in [3.8, 4) is 23.2 Å². The van der Waals surface area contributed by atoms with Gasteiger partial charge in [-0.1, -0.05) is 60.6 Å². The molecule has 0 bridgehead atoms. The highest BCUT2D eigenvalue weighted by molar-refractivity contribution is 7.99. The fourth-order valence-electron chi connectivity index (χ4n) is 3.27. The molecule has 0 spiro atoms. The van der Waals surface area contributed by atoms with Crippen LogP contribution in [0.3, 0.4) is 0 Å². The Bertz CT molecular complexity index is 1170. The van der Waals surface area contributed by atoms with Gasteiger partial charge in [0.1, 0.15) is 11.4 Å². The second kappa shape index (κ2) is 11.1. The molecule has 0 aliphatic carbocycles. The lowest BCUT2D eigenvalue weighted by Gasteiger charge is -1.98. The van der Waals surface area contributed by atoms with E-state index in [-0.39, 0.29) is 0 Å². The summed E-state index contributed by atoms with van der Waals surface area (Å²) in [6.07, 6.45) is 3.41. The maximum atomic E-state index is 6.40. The van der Waals surface area contributed by atoms with Crippen LogP contribution >= 0.6 is 46.7 Å². The minimum Gasteiger partial charge on any atom is -0.410 e. The van der Waals surface area contributed by atoms with Crippen LogP contribution in [0.15, 0.2) is 19.3 Å². The highest BCUT2D eigenvalue weighted by Gasteiger charge is 2.21. The van der Waals surface area contributed by atoms with Gasteiger partial charge in [-0.25, -0.2) is 0 Å². The van der Waals surface area contributed by atoms with E-state index >= 15 is 0 Å². The number of halogens is 2. The average molecular weight is 544 g/mol. The van der Waals surface area contributed by atoms with E-state index in [1.807, 2.05) is 27.9 Å². The fourth-order valence-corrected chi connectivity index (χ4v) is 5.54. The van der Waals surface area contributed by atoms with E-state index in [4.69, 9.17) is 32.0 Å². The second-order valence-corrected chi connectivity index (χ2v) is 10.2. The molecular weight excluding hydrogens is 519 g/mol. The first-order chi connectivity index (χ1) is 16.4. The number of unbranched alkanes of at least 4 members (excludes halogenated alkanes) is 1. The summed E-state index contributed by atoms with van der Waals surface area (Å²) in [5.74, 6) is 2.45. The van der Waals surface area contributed by atoms with Gasteiger partial charge < -0.3 is 8.83 Å². The van der Waals surface area contributed by atoms with Gasteiger partial charge in [0, 0.05) is 25.6 Å². The zero-order valence-corrected chi connectivity index (χ0v) is 22.4. The first-order valence-corrected chi connectivity index (χ1v) is 13.5. The number of aryl methyl sites for hydroxylation is 4. The molecule has 14 heteroatoms. The predicted octanol–water partition coefficient (Wildman–Crippen LogP) is 5.35. The zero-order valence-electron chi connectivity index (χ0n) is 19.2. The predicted molar refractivity (Wildman–Crippen MR) is 132 cm³/mol. The van der Waals surface area contributed by atoms with Crippen molar-refractivity contribution < 1.29 is 8.83 Å². The van der Waals surface area contributed by atoms with Crippen LogP contribution in [0.2, 0.25) is 10.0 Å². The Balaban J connectivity index is 1.23. The normalized spacial score (nSPS) is 11.6. The third-order valence-corrected chi connectivity index (χ3v) is 7.59. The maximum Gasteiger partial charge on any atom is 0.276 e. The topological polar surface area (TPSA) is 113 Å². The number of hydrogen-bond acceptors (Lipinski definition) is 10. The third-order valence-electron chi connectivity index (χ3n) is 4.99. The van der Waals surface area contributed by atoms with E-state index in [1.54, 1.807) is 9.36 Å². The Kier molecular flexibility index (Phi) is 8.22. The molecule has 0 N–H and O–H groups in total. The minimum absolute atomic E-state index is 0.379. The van der Waals surface area contributed by atoms with Crippen LogP contribution in [0, 0.1) is 0 Å². The summed E-state index contributed by atoms with van der Waals surface area (Å²) in [4.78, 5) is 0. The van der Waals surface area contributed by atoms with E-state index in [2.05, 4.69) is 30.6 Å². The molecule has 4 heterocycles. The van der Waals surface area contributed by atoms with Gasteiger partial charge in [-0.05, 0) is 25.7 Å². The van der Waals surface area contributed by atoms with Crippen molar-refractivity contribution >= 4 is 46.7 Å². The van der Waals surface area contributed by atoms with E-state index in [1.165, 1.54) is 23.5 Å². The Morgan fingerprint density at radius 2 is 1.12 bits per heavy atom. The quantitative estimate of drug-likeness (QED) is 0.181. The molecule has 0 atom stereocenters. The Labute approximate surface area is 215 Å². The van der Waals surface area contributed by atoms with Crippen molar-refractivity contribution in [3.05, 3.63) is 21.4 Å². The van der Waals surface area contributed by atoms with Crippen molar-refractivity contribution in [1.29, 1.82) is 0 Å². The largest absolute Gasteiger partial charge is 0.410 e. The summed E-state index contributed by atoms with van der Waals surface area (Å²) in [5.41, 5.74) is 2.91. The monoisotopic (exact) mass is 542 g/mol. The van der Waals surface area contributed by atoms with Crippen molar-refractivity contribution in [3.63, 3.8) is 0 Å². The van der Waals surface area contributed by atoms with Crippen molar-refractivity contribution in [1.82, 2.24) is 40.0 Å². The van der Waals surface area contributed by atoms with Crippen LogP contribution < -0.4 is 0 Å². The number of nitrogens with zero attached hydrogens (tertiary/aromatic N) is 8. The molecule has 0 saturated heterocycles. The van der Waals surface area contributed by atoms with Gasteiger partial charge in [-0.3, -0.25) is 9.36 Å². The molecule has 0 fully saturated rings. The van der Waals surface area contributed by atoms with Crippen LogP contribution in [0.25, 0.3) is 23.2 Å².